The van der Waals surface area contributed by atoms with Gasteiger partial charge in [-0.15, -0.1) is 13.2 Å². The van der Waals surface area contributed by atoms with Crippen LogP contribution in [0.15, 0.2) is 6.20 Å². The van der Waals surface area contributed by atoms with Gasteiger partial charge < -0.3 is 4.74 Å². The zero-order valence-corrected chi connectivity index (χ0v) is 11.4. The molecule has 0 bridgehead atoms. The van der Waals surface area contributed by atoms with E-state index >= 15 is 0 Å². The fraction of sp³-hybridized carbons (Fsp3) is 0.333. The Labute approximate surface area is 121 Å². The Morgan fingerprint density at radius 1 is 1.30 bits per heavy atom. The van der Waals surface area contributed by atoms with Crippen LogP contribution < -0.4 is 4.74 Å². The minimum atomic E-state index is -5.42. The number of hydrogen-bond acceptors (Lipinski definition) is 3. The second kappa shape index (κ2) is 5.76. The van der Waals surface area contributed by atoms with E-state index in [9.17, 15) is 31.1 Å². The highest BCUT2D eigenvalue weighted by Crippen LogP contribution is 2.41. The fourth-order valence-electron chi connectivity index (χ4n) is 1.26. The van der Waals surface area contributed by atoms with E-state index in [-0.39, 0.29) is 11.5 Å². The van der Waals surface area contributed by atoms with Crippen LogP contribution in [0.4, 0.5) is 26.3 Å². The predicted octanol–water partition coefficient (Wildman–Crippen LogP) is 4.27. The van der Waals surface area contributed by atoms with Gasteiger partial charge in [0.15, 0.2) is 5.75 Å². The van der Waals surface area contributed by atoms with Crippen molar-refractivity contribution in [2.24, 2.45) is 0 Å². The van der Waals surface area contributed by atoms with Crippen LogP contribution in [-0.2, 0) is 11.5 Å². The number of pyridine rings is 1. The first-order valence-corrected chi connectivity index (χ1v) is 6.08. The molecule has 3 nitrogen and oxygen atoms in total. The Morgan fingerprint density at radius 2 is 1.85 bits per heavy atom. The highest BCUT2D eigenvalue weighted by molar-refractivity contribution is 9.08. The summed E-state index contributed by atoms with van der Waals surface area (Å²) in [5.41, 5.74) is -3.34. The molecule has 1 heterocycles. The molecule has 0 saturated carbocycles. The number of alkyl halides is 7. The molecule has 20 heavy (non-hydrogen) atoms. The van der Waals surface area contributed by atoms with E-state index < -0.39 is 40.4 Å². The Balaban J connectivity index is 3.64. The van der Waals surface area contributed by atoms with Crippen LogP contribution >= 0.6 is 27.5 Å². The van der Waals surface area contributed by atoms with Gasteiger partial charge in [-0.2, -0.15) is 13.2 Å². The summed E-state index contributed by atoms with van der Waals surface area (Å²) in [5.74, 6) is -1.71. The van der Waals surface area contributed by atoms with Crippen molar-refractivity contribution in [2.45, 2.75) is 17.9 Å². The molecule has 1 rings (SSSR count). The monoisotopic (exact) mass is 385 g/mol. The van der Waals surface area contributed by atoms with Gasteiger partial charge in [0.2, 0.25) is 0 Å². The van der Waals surface area contributed by atoms with Crippen molar-refractivity contribution in [3.8, 4) is 5.75 Å². The molecule has 0 radical (unpaired) electrons. The molecule has 112 valence electrons. The van der Waals surface area contributed by atoms with Gasteiger partial charge in [0.25, 0.3) is 5.24 Å². The molecule has 0 spiro atoms. The minimum Gasteiger partial charge on any atom is -0.404 e. The summed E-state index contributed by atoms with van der Waals surface area (Å²) in [6.45, 7) is 0. The van der Waals surface area contributed by atoms with Crippen LogP contribution in [0.25, 0.3) is 0 Å². The Kier molecular flexibility index (Phi) is 4.90. The van der Waals surface area contributed by atoms with Gasteiger partial charge in [-0.25, -0.2) is 0 Å². The van der Waals surface area contributed by atoms with Crippen molar-refractivity contribution < 1.29 is 35.9 Å². The highest BCUT2D eigenvalue weighted by atomic mass is 79.9. The molecule has 1 aromatic heterocycles. The summed E-state index contributed by atoms with van der Waals surface area (Å²) in [6, 6.07) is 0. The van der Waals surface area contributed by atoms with Gasteiger partial charge in [-0.05, 0) is 11.6 Å². The van der Waals surface area contributed by atoms with Crippen molar-refractivity contribution in [3.63, 3.8) is 0 Å². The summed E-state index contributed by atoms with van der Waals surface area (Å²) in [5, 5.41) is -1.83. The molecular formula is C9H3BrClF6NO2. The van der Waals surface area contributed by atoms with Crippen molar-refractivity contribution in [3.05, 3.63) is 23.0 Å². The maximum absolute atomic E-state index is 12.6. The average Bonchev–Trinajstić information content (AvgIpc) is 2.23. The number of hydrogen-bond donors (Lipinski definition) is 0. The number of rotatable bonds is 3. The Bertz CT molecular complexity index is 530. The van der Waals surface area contributed by atoms with Crippen LogP contribution in [0.5, 0.6) is 5.75 Å². The first-order valence-electron chi connectivity index (χ1n) is 4.58. The molecule has 0 unspecified atom stereocenters. The second-order valence-corrected chi connectivity index (χ2v) is 4.18. The molecular weight excluding hydrogens is 383 g/mol. The van der Waals surface area contributed by atoms with Crippen molar-refractivity contribution in [2.75, 3.05) is 0 Å². The lowest BCUT2D eigenvalue weighted by atomic mass is 10.1. The Hall–Kier alpha value is -1.03. The third-order valence-corrected chi connectivity index (χ3v) is 2.68. The molecule has 0 amide bonds. The third kappa shape index (κ3) is 3.98. The highest BCUT2D eigenvalue weighted by Gasteiger charge is 2.42. The Morgan fingerprint density at radius 3 is 2.20 bits per heavy atom. The van der Waals surface area contributed by atoms with Gasteiger partial charge in [0.1, 0.15) is 5.56 Å². The normalized spacial score (nSPS) is 12.4. The number of aromatic nitrogens is 1. The predicted molar refractivity (Wildman–Crippen MR) is 58.7 cm³/mol. The third-order valence-electron chi connectivity index (χ3n) is 1.96. The number of halogens is 8. The molecule has 0 aromatic carbocycles. The molecule has 11 heteroatoms. The molecule has 0 aliphatic heterocycles. The number of nitrogens with zero attached hydrogens (tertiary/aromatic N) is 1. The summed E-state index contributed by atoms with van der Waals surface area (Å²) in [4.78, 5) is 14.4. The molecule has 0 fully saturated rings. The quantitative estimate of drug-likeness (QED) is 0.442. The zero-order chi connectivity index (χ0) is 15.7. The van der Waals surface area contributed by atoms with E-state index in [0.717, 1.165) is 0 Å². The van der Waals surface area contributed by atoms with Crippen LogP contribution in [0.1, 0.15) is 21.6 Å². The van der Waals surface area contributed by atoms with E-state index in [1.165, 1.54) is 0 Å². The lowest BCUT2D eigenvalue weighted by molar-refractivity contribution is -0.276. The summed E-state index contributed by atoms with van der Waals surface area (Å²) < 4.78 is 77.9. The standard InChI is InChI=1S/C9H3BrClF6NO2/c10-1-4-5(7(11)19)6(20-9(15,16)17)3(2-18-4)8(12,13)14/h2H,1H2. The minimum absolute atomic E-state index is 0.140. The summed E-state index contributed by atoms with van der Waals surface area (Å²) in [7, 11) is 0. The van der Waals surface area contributed by atoms with Crippen LogP contribution in [0, 0.1) is 0 Å². The number of carbonyl (C=O) groups is 1. The number of ether oxygens (including phenoxy) is 1. The second-order valence-electron chi connectivity index (χ2n) is 3.28. The van der Waals surface area contributed by atoms with Gasteiger partial charge in [0.05, 0.1) is 11.3 Å². The first-order chi connectivity index (χ1) is 8.97. The van der Waals surface area contributed by atoms with Crippen LogP contribution in [-0.4, -0.2) is 16.6 Å². The van der Waals surface area contributed by atoms with Gasteiger partial charge in [0, 0.05) is 11.5 Å². The van der Waals surface area contributed by atoms with Gasteiger partial charge in [-0.3, -0.25) is 9.78 Å². The first kappa shape index (κ1) is 17.0. The molecule has 1 aromatic rings. The van der Waals surface area contributed by atoms with Gasteiger partial charge in [-0.1, -0.05) is 15.9 Å². The summed E-state index contributed by atoms with van der Waals surface area (Å²) in [6.07, 6.45) is -10.5. The largest absolute Gasteiger partial charge is 0.573 e. The van der Waals surface area contributed by atoms with E-state index in [4.69, 9.17) is 11.6 Å². The van der Waals surface area contributed by atoms with Gasteiger partial charge >= 0.3 is 12.5 Å². The number of carbonyl (C=O) groups excluding carboxylic acids is 1. The summed E-state index contributed by atoms with van der Waals surface area (Å²) >= 11 is 7.80. The molecule has 0 aliphatic carbocycles. The van der Waals surface area contributed by atoms with Crippen molar-refractivity contribution >= 4 is 32.8 Å². The fourth-order valence-corrected chi connectivity index (χ4v) is 1.88. The topological polar surface area (TPSA) is 39.2 Å². The maximum atomic E-state index is 12.6. The smallest absolute Gasteiger partial charge is 0.404 e. The lowest BCUT2D eigenvalue weighted by Gasteiger charge is -2.18. The van der Waals surface area contributed by atoms with E-state index in [0.29, 0.717) is 0 Å². The van der Waals surface area contributed by atoms with Crippen LogP contribution in [0.2, 0.25) is 0 Å². The van der Waals surface area contributed by atoms with E-state index in [1.54, 1.807) is 0 Å². The zero-order valence-electron chi connectivity index (χ0n) is 9.07. The van der Waals surface area contributed by atoms with E-state index in [1.807, 2.05) is 0 Å². The molecule has 0 aliphatic rings. The van der Waals surface area contributed by atoms with Crippen molar-refractivity contribution in [1.82, 2.24) is 4.98 Å². The van der Waals surface area contributed by atoms with Crippen LogP contribution in [0.3, 0.4) is 0 Å². The lowest BCUT2D eigenvalue weighted by Crippen LogP contribution is -2.23. The maximum Gasteiger partial charge on any atom is 0.573 e. The molecule has 0 saturated heterocycles. The van der Waals surface area contributed by atoms with Crippen molar-refractivity contribution in [1.29, 1.82) is 0 Å². The molecule has 0 atom stereocenters. The average molecular weight is 386 g/mol. The SMILES string of the molecule is O=C(Cl)c1c(CBr)ncc(C(F)(F)F)c1OC(F)(F)F. The van der Waals surface area contributed by atoms with E-state index in [2.05, 4.69) is 25.7 Å². The molecule has 0 N–H and O–H groups in total.